The van der Waals surface area contributed by atoms with E-state index in [1.54, 1.807) is 11.8 Å². The first-order valence-electron chi connectivity index (χ1n) is 9.63. The van der Waals surface area contributed by atoms with Crippen LogP contribution in [0.15, 0.2) is 47.8 Å². The maximum Gasteiger partial charge on any atom is 0.230 e. The average molecular weight is 392 g/mol. The Morgan fingerprint density at radius 3 is 2.71 bits per heavy atom. The predicted octanol–water partition coefficient (Wildman–Crippen LogP) is 5.00. The van der Waals surface area contributed by atoms with Crippen LogP contribution in [-0.2, 0) is 24.3 Å². The number of hydrogen-bond acceptors (Lipinski definition) is 4. The monoisotopic (exact) mass is 391 g/mol. The topological polar surface area (TPSA) is 36.4 Å². The van der Waals surface area contributed by atoms with E-state index in [2.05, 4.69) is 54.5 Å². The number of anilines is 2. The Morgan fingerprint density at radius 1 is 1.14 bits per heavy atom. The largest absolute Gasteiger partial charge is 0.293 e. The summed E-state index contributed by atoms with van der Waals surface area (Å²) in [6.07, 6.45) is 1.08. The van der Waals surface area contributed by atoms with E-state index < -0.39 is 0 Å². The molecule has 5 heteroatoms. The van der Waals surface area contributed by atoms with Crippen molar-refractivity contribution in [2.24, 2.45) is 0 Å². The van der Waals surface area contributed by atoms with Crippen LogP contribution in [-0.4, -0.2) is 22.3 Å². The number of aromatic nitrogens is 1. The number of benzene rings is 2. The predicted molar refractivity (Wildman–Crippen MR) is 115 cm³/mol. The second-order valence-electron chi connectivity index (χ2n) is 7.42. The van der Waals surface area contributed by atoms with Crippen molar-refractivity contribution in [1.82, 2.24) is 9.88 Å². The number of amides is 1. The third-order valence-electron chi connectivity index (χ3n) is 5.46. The Hall–Kier alpha value is -2.50. The lowest BCUT2D eigenvalue weighted by molar-refractivity contribution is -0.115. The Labute approximate surface area is 170 Å². The fraction of sp³-hybridized carbons (Fsp3) is 0.304. The smallest absolute Gasteiger partial charge is 0.230 e. The molecule has 0 N–H and O–H groups in total. The van der Waals surface area contributed by atoms with Crippen molar-refractivity contribution in [3.8, 4) is 0 Å². The van der Waals surface area contributed by atoms with E-state index in [4.69, 9.17) is 4.98 Å². The minimum atomic E-state index is -0.0125. The van der Waals surface area contributed by atoms with Gasteiger partial charge < -0.3 is 0 Å². The normalized spacial score (nSPS) is 14.0. The molecule has 0 saturated heterocycles. The van der Waals surface area contributed by atoms with Crippen molar-refractivity contribution in [3.05, 3.63) is 75.8 Å². The molecule has 4 nitrogen and oxygen atoms in total. The van der Waals surface area contributed by atoms with E-state index in [-0.39, 0.29) is 5.91 Å². The highest BCUT2D eigenvalue weighted by molar-refractivity contribution is 7.14. The zero-order valence-electron chi connectivity index (χ0n) is 16.6. The lowest BCUT2D eigenvalue weighted by Crippen LogP contribution is -2.30. The second-order valence-corrected chi connectivity index (χ2v) is 8.26. The Bertz CT molecular complexity index is 1010. The van der Waals surface area contributed by atoms with Gasteiger partial charge in [0.05, 0.1) is 11.4 Å². The quantitative estimate of drug-likeness (QED) is 0.628. The van der Waals surface area contributed by atoms with Crippen LogP contribution in [0.3, 0.4) is 0 Å². The minimum Gasteiger partial charge on any atom is -0.293 e. The molecular weight excluding hydrogens is 366 g/mol. The first-order chi connectivity index (χ1) is 13.5. The molecule has 4 rings (SSSR count). The number of nitrogens with zero attached hydrogens (tertiary/aromatic N) is 3. The number of carbonyl (C=O) groups excluding carboxylic acids is 1. The third-order valence-corrected chi connectivity index (χ3v) is 6.33. The molecule has 1 aliphatic rings. The van der Waals surface area contributed by atoms with Gasteiger partial charge in [-0.1, -0.05) is 36.4 Å². The number of aryl methyl sites for hydroxylation is 1. The van der Waals surface area contributed by atoms with E-state index in [1.807, 2.05) is 12.1 Å². The van der Waals surface area contributed by atoms with Crippen molar-refractivity contribution in [3.63, 3.8) is 0 Å². The first kappa shape index (κ1) is 18.8. The van der Waals surface area contributed by atoms with Crippen LogP contribution in [0.25, 0.3) is 0 Å². The van der Waals surface area contributed by atoms with Crippen molar-refractivity contribution in [2.75, 3.05) is 11.4 Å². The highest BCUT2D eigenvalue weighted by Crippen LogP contribution is 2.33. The number of carbonyl (C=O) groups is 1. The summed E-state index contributed by atoms with van der Waals surface area (Å²) in [5.41, 5.74) is 7.09. The van der Waals surface area contributed by atoms with Crippen LogP contribution in [0.5, 0.6) is 0 Å². The molecule has 0 aliphatic carbocycles. The van der Waals surface area contributed by atoms with E-state index in [9.17, 15) is 4.79 Å². The average Bonchev–Trinajstić information content (AvgIpc) is 3.13. The van der Waals surface area contributed by atoms with Crippen LogP contribution in [0.4, 0.5) is 10.8 Å². The van der Waals surface area contributed by atoms with Gasteiger partial charge in [-0.15, -0.1) is 11.3 Å². The lowest BCUT2D eigenvalue weighted by atomic mass is 10.00. The van der Waals surface area contributed by atoms with Crippen molar-refractivity contribution < 1.29 is 4.79 Å². The van der Waals surface area contributed by atoms with E-state index >= 15 is 0 Å². The molecule has 28 heavy (non-hydrogen) atoms. The molecule has 0 unspecified atom stereocenters. The summed E-state index contributed by atoms with van der Waals surface area (Å²) >= 11 is 1.54. The summed E-state index contributed by atoms with van der Waals surface area (Å²) in [6, 6.07) is 14.7. The molecular formula is C23H25N3OS. The molecule has 3 aromatic rings. The number of rotatable bonds is 4. The first-order valence-corrected chi connectivity index (χ1v) is 10.5. The lowest BCUT2D eigenvalue weighted by Gasteiger charge is -2.28. The molecule has 1 aliphatic heterocycles. The van der Waals surface area contributed by atoms with Gasteiger partial charge in [-0.3, -0.25) is 14.6 Å². The van der Waals surface area contributed by atoms with Crippen molar-refractivity contribution in [2.45, 2.75) is 40.3 Å². The summed E-state index contributed by atoms with van der Waals surface area (Å²) in [5, 5.41) is 2.82. The van der Waals surface area contributed by atoms with Gasteiger partial charge in [0.1, 0.15) is 0 Å². The Kier molecular flexibility index (Phi) is 5.29. The zero-order valence-corrected chi connectivity index (χ0v) is 17.4. The van der Waals surface area contributed by atoms with Gasteiger partial charge >= 0.3 is 0 Å². The van der Waals surface area contributed by atoms with Crippen LogP contribution < -0.4 is 4.90 Å². The molecule has 0 saturated carbocycles. The van der Waals surface area contributed by atoms with Gasteiger partial charge in [-0.2, -0.15) is 0 Å². The molecule has 0 radical (unpaired) electrons. The standard InChI is InChI=1S/C23H25N3OS/c1-16-7-6-10-22(17(16)2)26(18(3)27)23-24-21(15-28-23)14-25-12-11-19-8-4-5-9-20(19)13-25/h4-10,15H,11-14H2,1-3H3. The Morgan fingerprint density at radius 2 is 1.93 bits per heavy atom. The summed E-state index contributed by atoms with van der Waals surface area (Å²) in [7, 11) is 0. The molecule has 0 spiro atoms. The molecule has 0 atom stereocenters. The van der Waals surface area contributed by atoms with E-state index in [1.165, 1.54) is 28.0 Å². The van der Waals surface area contributed by atoms with Gasteiger partial charge in [0, 0.05) is 31.9 Å². The van der Waals surface area contributed by atoms with Gasteiger partial charge in [0.25, 0.3) is 0 Å². The van der Waals surface area contributed by atoms with Crippen LogP contribution >= 0.6 is 11.3 Å². The number of hydrogen-bond donors (Lipinski definition) is 0. The summed E-state index contributed by atoms with van der Waals surface area (Å²) in [4.78, 5) is 21.4. The van der Waals surface area contributed by atoms with Crippen LogP contribution in [0.1, 0.15) is 34.9 Å². The molecule has 144 valence electrons. The Balaban J connectivity index is 1.55. The highest BCUT2D eigenvalue weighted by atomic mass is 32.1. The SMILES string of the molecule is CC(=O)N(c1nc(CN2CCc3ccccc3C2)cs1)c1cccc(C)c1C. The minimum absolute atomic E-state index is 0.0125. The summed E-state index contributed by atoms with van der Waals surface area (Å²) in [5.74, 6) is -0.0125. The van der Waals surface area contributed by atoms with Crippen molar-refractivity contribution >= 4 is 28.1 Å². The maximum atomic E-state index is 12.4. The molecule has 0 bridgehead atoms. The summed E-state index contributed by atoms with van der Waals surface area (Å²) < 4.78 is 0. The van der Waals surface area contributed by atoms with Crippen LogP contribution in [0.2, 0.25) is 0 Å². The molecule has 1 aromatic heterocycles. The van der Waals surface area contributed by atoms with Gasteiger partial charge in [-0.25, -0.2) is 4.98 Å². The zero-order chi connectivity index (χ0) is 19.7. The molecule has 2 aromatic carbocycles. The third kappa shape index (κ3) is 3.73. The van der Waals surface area contributed by atoms with E-state index in [0.717, 1.165) is 48.1 Å². The number of fused-ring (bicyclic) bond motifs is 1. The molecule has 2 heterocycles. The van der Waals surface area contributed by atoms with Gasteiger partial charge in [0.15, 0.2) is 5.13 Å². The fourth-order valence-corrected chi connectivity index (χ4v) is 4.65. The number of thiazole rings is 1. The van der Waals surface area contributed by atoms with Gasteiger partial charge in [-0.05, 0) is 48.6 Å². The second kappa shape index (κ2) is 7.86. The molecule has 0 fully saturated rings. The molecule has 1 amide bonds. The fourth-order valence-electron chi connectivity index (χ4n) is 3.78. The van der Waals surface area contributed by atoms with E-state index in [0.29, 0.717) is 0 Å². The highest BCUT2D eigenvalue weighted by Gasteiger charge is 2.22. The maximum absolute atomic E-state index is 12.4. The van der Waals surface area contributed by atoms with Crippen LogP contribution in [0, 0.1) is 13.8 Å². The summed E-state index contributed by atoms with van der Waals surface area (Å²) in [6.45, 7) is 8.53. The van der Waals surface area contributed by atoms with Crippen molar-refractivity contribution in [1.29, 1.82) is 0 Å². The van der Waals surface area contributed by atoms with Gasteiger partial charge in [0.2, 0.25) is 5.91 Å².